The van der Waals surface area contributed by atoms with Crippen molar-refractivity contribution < 1.29 is 9.59 Å². The molecule has 0 atom stereocenters. The van der Waals surface area contributed by atoms with E-state index in [4.69, 9.17) is 0 Å². The van der Waals surface area contributed by atoms with Crippen molar-refractivity contribution in [3.8, 4) is 0 Å². The van der Waals surface area contributed by atoms with Gasteiger partial charge in [0, 0.05) is 12.6 Å². The Bertz CT molecular complexity index is 221. The minimum Gasteiger partial charge on any atom is -0.339 e. The summed E-state index contributed by atoms with van der Waals surface area (Å²) in [4.78, 5) is 24.4. The number of hydrogen-bond donors (Lipinski definition) is 0. The molecule has 80 valence electrons. The van der Waals surface area contributed by atoms with Crippen LogP contribution in [0.2, 0.25) is 0 Å². The minimum atomic E-state index is -0.0304. The molecule has 0 aromatic heterocycles. The van der Waals surface area contributed by atoms with Crippen molar-refractivity contribution in [2.45, 2.75) is 52.0 Å². The van der Waals surface area contributed by atoms with E-state index in [0.29, 0.717) is 6.04 Å². The van der Waals surface area contributed by atoms with Gasteiger partial charge in [-0.05, 0) is 26.2 Å². The van der Waals surface area contributed by atoms with Gasteiger partial charge in [0.05, 0.1) is 6.42 Å². The fourth-order valence-electron chi connectivity index (χ4n) is 1.54. The van der Waals surface area contributed by atoms with E-state index in [0.717, 1.165) is 32.2 Å². The van der Waals surface area contributed by atoms with E-state index in [-0.39, 0.29) is 18.1 Å². The number of carbonyl (C=O) groups excluding carboxylic acids is 2. The van der Waals surface area contributed by atoms with Crippen LogP contribution in [0.25, 0.3) is 0 Å². The van der Waals surface area contributed by atoms with Gasteiger partial charge in [0.1, 0.15) is 5.78 Å². The van der Waals surface area contributed by atoms with Crippen LogP contribution in [-0.4, -0.2) is 29.2 Å². The molecule has 1 rings (SSSR count). The monoisotopic (exact) mass is 197 g/mol. The van der Waals surface area contributed by atoms with Gasteiger partial charge in [0.15, 0.2) is 0 Å². The molecule has 1 aliphatic carbocycles. The molecule has 1 aliphatic rings. The lowest BCUT2D eigenvalue weighted by molar-refractivity contribution is -0.135. The van der Waals surface area contributed by atoms with Gasteiger partial charge in [0.25, 0.3) is 0 Å². The summed E-state index contributed by atoms with van der Waals surface area (Å²) in [6, 6.07) is 0.438. The zero-order valence-corrected chi connectivity index (χ0v) is 9.08. The second-order valence-corrected chi connectivity index (χ2v) is 4.05. The lowest BCUT2D eigenvalue weighted by Crippen LogP contribution is -2.34. The summed E-state index contributed by atoms with van der Waals surface area (Å²) in [6.07, 6.45) is 4.46. The minimum absolute atomic E-state index is 0.0217. The molecule has 0 heterocycles. The Morgan fingerprint density at radius 1 is 1.36 bits per heavy atom. The molecule has 14 heavy (non-hydrogen) atoms. The number of amides is 1. The smallest absolute Gasteiger partial charge is 0.230 e. The molecule has 3 nitrogen and oxygen atoms in total. The summed E-state index contributed by atoms with van der Waals surface area (Å²) in [7, 11) is 0. The van der Waals surface area contributed by atoms with E-state index in [2.05, 4.69) is 6.92 Å². The van der Waals surface area contributed by atoms with Crippen LogP contribution in [0.4, 0.5) is 0 Å². The fraction of sp³-hybridized carbons (Fsp3) is 0.818. The summed E-state index contributed by atoms with van der Waals surface area (Å²) < 4.78 is 0. The predicted molar refractivity (Wildman–Crippen MR) is 54.9 cm³/mol. The molecule has 0 N–H and O–H groups in total. The molecule has 1 amide bonds. The molecular weight excluding hydrogens is 178 g/mol. The first kappa shape index (κ1) is 11.2. The Labute approximate surface area is 85.5 Å². The van der Waals surface area contributed by atoms with E-state index in [1.807, 2.05) is 4.90 Å². The number of unbranched alkanes of at least 4 members (excludes halogenated alkanes) is 1. The largest absolute Gasteiger partial charge is 0.339 e. The topological polar surface area (TPSA) is 37.4 Å². The SMILES string of the molecule is CCCCN(C(=O)CC(C)=O)C1CC1. The molecule has 0 saturated heterocycles. The molecule has 0 aromatic carbocycles. The molecule has 0 spiro atoms. The lowest BCUT2D eigenvalue weighted by atomic mass is 10.2. The highest BCUT2D eigenvalue weighted by atomic mass is 16.2. The van der Waals surface area contributed by atoms with E-state index in [1.165, 1.54) is 6.92 Å². The maximum absolute atomic E-state index is 11.6. The Hall–Kier alpha value is -0.860. The van der Waals surface area contributed by atoms with Gasteiger partial charge in [-0.15, -0.1) is 0 Å². The maximum atomic E-state index is 11.6. The zero-order valence-electron chi connectivity index (χ0n) is 9.08. The van der Waals surface area contributed by atoms with Crippen LogP contribution in [-0.2, 0) is 9.59 Å². The van der Waals surface area contributed by atoms with Crippen molar-refractivity contribution >= 4 is 11.7 Å². The molecule has 1 fully saturated rings. The Balaban J connectivity index is 2.40. The van der Waals surface area contributed by atoms with Crippen molar-refractivity contribution in [2.24, 2.45) is 0 Å². The summed E-state index contributed by atoms with van der Waals surface area (Å²) in [5, 5.41) is 0. The Morgan fingerprint density at radius 2 is 2.00 bits per heavy atom. The number of nitrogens with zero attached hydrogens (tertiary/aromatic N) is 1. The Morgan fingerprint density at radius 3 is 2.43 bits per heavy atom. The second kappa shape index (κ2) is 5.13. The van der Waals surface area contributed by atoms with E-state index in [1.54, 1.807) is 0 Å². The average Bonchev–Trinajstić information content (AvgIpc) is 2.87. The van der Waals surface area contributed by atoms with Crippen LogP contribution in [0, 0.1) is 0 Å². The zero-order chi connectivity index (χ0) is 10.6. The van der Waals surface area contributed by atoms with Crippen LogP contribution in [0.3, 0.4) is 0 Å². The van der Waals surface area contributed by atoms with Crippen molar-refractivity contribution in [2.75, 3.05) is 6.54 Å². The second-order valence-electron chi connectivity index (χ2n) is 4.05. The van der Waals surface area contributed by atoms with Gasteiger partial charge in [-0.3, -0.25) is 9.59 Å². The van der Waals surface area contributed by atoms with Gasteiger partial charge >= 0.3 is 0 Å². The summed E-state index contributed by atoms with van der Waals surface area (Å²) in [5.74, 6) is -0.00871. The number of ketones is 1. The van der Waals surface area contributed by atoms with Crippen molar-refractivity contribution in [3.05, 3.63) is 0 Å². The number of hydrogen-bond acceptors (Lipinski definition) is 2. The molecular formula is C11H19NO2. The van der Waals surface area contributed by atoms with Gasteiger partial charge < -0.3 is 4.90 Å². The first-order valence-electron chi connectivity index (χ1n) is 5.44. The van der Waals surface area contributed by atoms with Crippen LogP contribution in [0.1, 0.15) is 46.0 Å². The highest BCUT2D eigenvalue weighted by molar-refractivity contribution is 5.97. The molecule has 0 radical (unpaired) electrons. The number of Topliss-reactive ketones (excluding diaryl/α,β-unsaturated/α-hetero) is 1. The first-order valence-corrected chi connectivity index (χ1v) is 5.44. The quantitative estimate of drug-likeness (QED) is 0.608. The van der Waals surface area contributed by atoms with Crippen molar-refractivity contribution in [1.82, 2.24) is 4.90 Å². The first-order chi connectivity index (χ1) is 6.65. The van der Waals surface area contributed by atoms with Crippen LogP contribution in [0.15, 0.2) is 0 Å². The normalized spacial score (nSPS) is 15.3. The van der Waals surface area contributed by atoms with Gasteiger partial charge in [0.2, 0.25) is 5.91 Å². The molecule has 3 heteroatoms. The Kier molecular flexibility index (Phi) is 4.11. The van der Waals surface area contributed by atoms with E-state index >= 15 is 0 Å². The number of rotatable bonds is 6. The summed E-state index contributed by atoms with van der Waals surface area (Å²) >= 11 is 0. The highest BCUT2D eigenvalue weighted by Crippen LogP contribution is 2.27. The summed E-state index contributed by atoms with van der Waals surface area (Å²) in [6.45, 7) is 4.41. The van der Waals surface area contributed by atoms with Gasteiger partial charge in [-0.25, -0.2) is 0 Å². The highest BCUT2D eigenvalue weighted by Gasteiger charge is 2.31. The average molecular weight is 197 g/mol. The summed E-state index contributed by atoms with van der Waals surface area (Å²) in [5.41, 5.74) is 0. The fourth-order valence-corrected chi connectivity index (χ4v) is 1.54. The molecule has 1 saturated carbocycles. The predicted octanol–water partition coefficient (Wildman–Crippen LogP) is 1.76. The van der Waals surface area contributed by atoms with E-state index < -0.39 is 0 Å². The van der Waals surface area contributed by atoms with Crippen LogP contribution >= 0.6 is 0 Å². The lowest BCUT2D eigenvalue weighted by Gasteiger charge is -2.21. The van der Waals surface area contributed by atoms with Crippen LogP contribution in [0.5, 0.6) is 0 Å². The standard InChI is InChI=1S/C11H19NO2/c1-3-4-7-12(10-5-6-10)11(14)8-9(2)13/h10H,3-8H2,1-2H3. The van der Waals surface area contributed by atoms with Crippen LogP contribution < -0.4 is 0 Å². The maximum Gasteiger partial charge on any atom is 0.230 e. The van der Waals surface area contributed by atoms with Gasteiger partial charge in [-0.1, -0.05) is 13.3 Å². The third-order valence-electron chi connectivity index (χ3n) is 2.46. The third kappa shape index (κ3) is 3.48. The molecule has 0 bridgehead atoms. The molecule has 0 unspecified atom stereocenters. The molecule has 0 aromatic rings. The number of carbonyl (C=O) groups is 2. The van der Waals surface area contributed by atoms with Gasteiger partial charge in [-0.2, -0.15) is 0 Å². The molecule has 0 aliphatic heterocycles. The van der Waals surface area contributed by atoms with E-state index in [9.17, 15) is 9.59 Å². The third-order valence-corrected chi connectivity index (χ3v) is 2.46. The van der Waals surface area contributed by atoms with Crippen molar-refractivity contribution in [1.29, 1.82) is 0 Å². The van der Waals surface area contributed by atoms with Crippen molar-refractivity contribution in [3.63, 3.8) is 0 Å².